The fraction of sp³-hybridized carbons (Fsp3) is 0.361. The molecule has 0 aliphatic rings. The molecule has 3 rings (SSSR count). The van der Waals surface area contributed by atoms with Crippen molar-refractivity contribution in [2.24, 2.45) is 0 Å². The Morgan fingerprint density at radius 2 is 1.43 bits per heavy atom. The molecule has 0 saturated carbocycles. The number of rotatable bonds is 13. The van der Waals surface area contributed by atoms with E-state index < -0.39 is 60.3 Å². The number of aryl methyl sites for hydroxylation is 1. The van der Waals surface area contributed by atoms with Crippen molar-refractivity contribution in [2.75, 3.05) is 13.7 Å². The van der Waals surface area contributed by atoms with Gasteiger partial charge in [0.25, 0.3) is 0 Å². The quantitative estimate of drug-likeness (QED) is 0.141. The maximum atomic E-state index is 13.7. The van der Waals surface area contributed by atoms with Crippen LogP contribution in [-0.2, 0) is 41.6 Å². The first-order valence-corrected chi connectivity index (χ1v) is 15.2. The van der Waals surface area contributed by atoms with E-state index in [0.29, 0.717) is 5.56 Å². The maximum Gasteiger partial charge on any atom is 0.410 e. The van der Waals surface area contributed by atoms with Crippen molar-refractivity contribution in [1.29, 1.82) is 0 Å². The highest BCUT2D eigenvalue weighted by molar-refractivity contribution is 5.98. The second-order valence-electron chi connectivity index (χ2n) is 12.0. The summed E-state index contributed by atoms with van der Waals surface area (Å²) in [5.41, 5.74) is 1.95. The summed E-state index contributed by atoms with van der Waals surface area (Å²) < 4.78 is 31.7. The average Bonchev–Trinajstić information content (AvgIpc) is 3.08. The molecule has 0 bridgehead atoms. The third-order valence-electron chi connectivity index (χ3n) is 6.92. The number of hydrogen-bond acceptors (Lipinski definition) is 9. The maximum absolute atomic E-state index is 13.7. The Balaban J connectivity index is 0.00000409. The van der Waals surface area contributed by atoms with Crippen LogP contribution >= 0.6 is 0 Å². The Labute approximate surface area is 278 Å². The molecule has 3 aromatic rings. The molecule has 0 radical (unpaired) electrons. The number of esters is 2. The van der Waals surface area contributed by atoms with Crippen LogP contribution in [0.5, 0.6) is 0 Å². The van der Waals surface area contributed by atoms with Crippen LogP contribution in [0.25, 0.3) is 0 Å². The number of carbonyl (C=O) groups excluding carboxylic acids is 5. The lowest BCUT2D eigenvalue weighted by Gasteiger charge is -2.30. The molecule has 3 aromatic carbocycles. The van der Waals surface area contributed by atoms with Gasteiger partial charge >= 0.3 is 24.1 Å². The number of ether oxygens (including phenoxy) is 4. The van der Waals surface area contributed by atoms with Crippen LogP contribution in [-0.4, -0.2) is 72.3 Å². The van der Waals surface area contributed by atoms with E-state index >= 15 is 0 Å². The summed E-state index contributed by atoms with van der Waals surface area (Å²) in [5.74, 6) is -2.35. The van der Waals surface area contributed by atoms with E-state index in [-0.39, 0.29) is 13.0 Å². The van der Waals surface area contributed by atoms with Crippen LogP contribution in [0.15, 0.2) is 84.9 Å². The predicted octanol–water partition coefficient (Wildman–Crippen LogP) is 5.67. The number of nitrogens with one attached hydrogen (secondary N) is 1. The van der Waals surface area contributed by atoms with E-state index in [9.17, 15) is 24.0 Å². The van der Waals surface area contributed by atoms with E-state index in [4.69, 9.17) is 21.9 Å². The molecule has 0 aliphatic heterocycles. The van der Waals surface area contributed by atoms with Crippen molar-refractivity contribution >= 4 is 29.9 Å². The second-order valence-corrected chi connectivity index (χ2v) is 12.0. The smallest absolute Gasteiger partial charge is 0.410 e. The molecular formula is C36H44N2O9. The summed E-state index contributed by atoms with van der Waals surface area (Å²) in [4.78, 5) is 66.4. The van der Waals surface area contributed by atoms with E-state index in [1.54, 1.807) is 63.2 Å². The van der Waals surface area contributed by atoms with Gasteiger partial charge in [-0.2, -0.15) is 0 Å². The van der Waals surface area contributed by atoms with Crippen LogP contribution in [0, 0.1) is 6.92 Å². The molecule has 1 N–H and O–H groups in total. The van der Waals surface area contributed by atoms with Gasteiger partial charge in [-0.1, -0.05) is 90.5 Å². The standard InChI is InChI=1S/C36H42N2O9.H2/c1-24-17-19-26(20-18-24)21-29(38(6)35(43)45-22-27-13-9-7-10-14-27)32(40)46-25(2)31(37-34(42)47-36(3,4)5)33(41)44-23-30(39)28-15-11-8-12-16-28;/h7-20,25,29,31H,21-23H2,1-6H3,(H,37,42);1H/t25-,29+,31+;/m1./s1/i;1+1D. The van der Waals surface area contributed by atoms with Gasteiger partial charge in [0.2, 0.25) is 0 Å². The molecule has 0 saturated heterocycles. The first-order valence-electron chi connectivity index (χ1n) is 16.2. The first-order chi connectivity index (χ1) is 23.2. The van der Waals surface area contributed by atoms with Gasteiger partial charge in [-0.05, 0) is 45.7 Å². The van der Waals surface area contributed by atoms with Gasteiger partial charge in [0.05, 0.1) is 0 Å². The number of likely N-dealkylation sites (N-methyl/N-ethyl adjacent to an activating group) is 1. The van der Waals surface area contributed by atoms with Gasteiger partial charge in [0.15, 0.2) is 18.4 Å². The molecular weight excluding hydrogens is 604 g/mol. The predicted molar refractivity (Wildman–Crippen MR) is 176 cm³/mol. The summed E-state index contributed by atoms with van der Waals surface area (Å²) in [6.07, 6.45) is -2.96. The fourth-order valence-corrected chi connectivity index (χ4v) is 4.34. The topological polar surface area (TPSA) is 138 Å². The third-order valence-corrected chi connectivity index (χ3v) is 6.92. The Morgan fingerprint density at radius 3 is 2.02 bits per heavy atom. The molecule has 0 aromatic heterocycles. The third kappa shape index (κ3) is 11.9. The number of amides is 2. The summed E-state index contributed by atoms with van der Waals surface area (Å²) in [6.45, 7) is 7.62. The molecule has 11 nitrogen and oxygen atoms in total. The Bertz CT molecular complexity index is 1510. The SMILES string of the molecule is Cc1ccc(C[C@@H](C(=O)O[C@H](C)[C@H](NC(=O)OC(C)(C)C)C(=O)OCC(=O)c2ccccc2)N(C)C(=O)OCc2ccccc2)cc1.[2H][2H]. The molecule has 0 spiro atoms. The largest absolute Gasteiger partial charge is 0.458 e. The molecule has 2 amide bonds. The first kappa shape index (κ1) is 34.7. The lowest BCUT2D eigenvalue weighted by Crippen LogP contribution is -2.53. The van der Waals surface area contributed by atoms with Gasteiger partial charge in [-0.25, -0.2) is 19.2 Å². The molecule has 252 valence electrons. The highest BCUT2D eigenvalue weighted by Crippen LogP contribution is 2.16. The minimum atomic E-state index is -1.55. The van der Waals surface area contributed by atoms with Crippen LogP contribution in [0.1, 0.15) is 57.7 Å². The molecule has 47 heavy (non-hydrogen) atoms. The van der Waals surface area contributed by atoms with E-state index in [1.807, 2.05) is 49.4 Å². The zero-order valence-corrected chi connectivity index (χ0v) is 27.6. The van der Waals surface area contributed by atoms with E-state index in [1.165, 1.54) is 14.0 Å². The lowest BCUT2D eigenvalue weighted by molar-refractivity contribution is -0.160. The van der Waals surface area contributed by atoms with Gasteiger partial charge in [0, 0.05) is 22.0 Å². The number of alkyl carbamates (subject to hydrolysis) is 1. The average molecular weight is 651 g/mol. The van der Waals surface area contributed by atoms with Gasteiger partial charge < -0.3 is 24.3 Å². The number of Topliss-reactive ketones (excluding diaryl/α,β-unsaturated/α-hetero) is 1. The normalized spacial score (nSPS) is 13.1. The Kier molecular flexibility index (Phi) is 12.5. The Hall–Kier alpha value is -5.19. The zero-order chi connectivity index (χ0) is 36.6. The van der Waals surface area contributed by atoms with Crippen molar-refractivity contribution < 1.29 is 45.9 Å². The van der Waals surface area contributed by atoms with Crippen LogP contribution in [0.2, 0.25) is 0 Å². The van der Waals surface area contributed by atoms with Crippen molar-refractivity contribution in [1.82, 2.24) is 10.2 Å². The minimum Gasteiger partial charge on any atom is -0.458 e. The van der Waals surface area contributed by atoms with Crippen molar-refractivity contribution in [2.45, 2.75) is 71.4 Å². The molecule has 0 aliphatic carbocycles. The van der Waals surface area contributed by atoms with E-state index in [0.717, 1.165) is 21.6 Å². The van der Waals surface area contributed by atoms with Crippen molar-refractivity contribution in [3.05, 3.63) is 107 Å². The fourth-order valence-electron chi connectivity index (χ4n) is 4.34. The summed E-state index contributed by atoms with van der Waals surface area (Å²) in [7, 11) is 1.41. The van der Waals surface area contributed by atoms with Crippen molar-refractivity contribution in [3.63, 3.8) is 0 Å². The summed E-state index contributed by atoms with van der Waals surface area (Å²) >= 11 is 0. The highest BCUT2D eigenvalue weighted by atomic mass is 16.6. The van der Waals surface area contributed by atoms with Crippen LogP contribution < -0.4 is 5.32 Å². The van der Waals surface area contributed by atoms with Crippen LogP contribution in [0.4, 0.5) is 9.59 Å². The highest BCUT2D eigenvalue weighted by Gasteiger charge is 2.37. The van der Waals surface area contributed by atoms with Gasteiger partial charge in [0.1, 0.15) is 24.4 Å². The number of hydrogen-bond donors (Lipinski definition) is 1. The summed E-state index contributed by atoms with van der Waals surface area (Å²) in [6, 6.07) is 22.0. The van der Waals surface area contributed by atoms with Gasteiger partial charge in [-0.15, -0.1) is 0 Å². The molecule has 11 heteroatoms. The number of benzene rings is 3. The van der Waals surface area contributed by atoms with Crippen LogP contribution in [0.3, 0.4) is 0 Å². The molecule has 0 fully saturated rings. The van der Waals surface area contributed by atoms with Gasteiger partial charge in [-0.3, -0.25) is 9.69 Å². The van der Waals surface area contributed by atoms with E-state index in [2.05, 4.69) is 5.32 Å². The molecule has 0 unspecified atom stereocenters. The molecule has 3 atom stereocenters. The summed E-state index contributed by atoms with van der Waals surface area (Å²) in [5, 5.41) is 2.40. The number of nitrogens with zero attached hydrogens (tertiary/aromatic N) is 1. The monoisotopic (exact) mass is 650 g/mol. The minimum absolute atomic E-state index is 0.0118. The Morgan fingerprint density at radius 1 is 0.830 bits per heavy atom. The number of carbonyl (C=O) groups is 5. The zero-order valence-electron chi connectivity index (χ0n) is 29.6. The van der Waals surface area contributed by atoms with Crippen molar-refractivity contribution in [3.8, 4) is 0 Å². The number of ketones is 1. The lowest BCUT2D eigenvalue weighted by atomic mass is 10.0. The molecule has 0 heterocycles. The second kappa shape index (κ2) is 16.9.